The van der Waals surface area contributed by atoms with E-state index < -0.39 is 0 Å². The molecule has 0 fully saturated rings. The number of aryl methyl sites for hydroxylation is 2. The van der Waals surface area contributed by atoms with E-state index in [0.29, 0.717) is 0 Å². The number of nitrogens with one attached hydrogen (secondary N) is 3. The standard InChI is InChI=1S/C23H21N3O/c1-15-12-16(2)14-18(13-15)24-23(27)26-22-19-10-6-7-11-20(19)25-21(22)17-8-4-3-5-9-17/h3-14,25H,1-2H3,(H2,24,26,27). The third kappa shape index (κ3) is 3.55. The molecule has 0 aliphatic heterocycles. The molecule has 0 aliphatic rings. The van der Waals surface area contributed by atoms with E-state index in [1.807, 2.05) is 80.6 Å². The van der Waals surface area contributed by atoms with Crippen LogP contribution in [0, 0.1) is 13.8 Å². The fourth-order valence-corrected chi connectivity index (χ4v) is 3.42. The molecule has 0 bridgehead atoms. The van der Waals surface area contributed by atoms with Crippen molar-refractivity contribution in [1.29, 1.82) is 0 Å². The zero-order valence-corrected chi connectivity index (χ0v) is 15.3. The van der Waals surface area contributed by atoms with Gasteiger partial charge in [-0.05, 0) is 43.2 Å². The van der Waals surface area contributed by atoms with E-state index in [0.717, 1.165) is 44.7 Å². The van der Waals surface area contributed by atoms with Gasteiger partial charge >= 0.3 is 6.03 Å². The van der Waals surface area contributed by atoms with E-state index in [9.17, 15) is 4.79 Å². The highest BCUT2D eigenvalue weighted by Gasteiger charge is 2.15. The van der Waals surface area contributed by atoms with Crippen LogP contribution in [0.25, 0.3) is 22.2 Å². The number of hydrogen-bond acceptors (Lipinski definition) is 1. The summed E-state index contributed by atoms with van der Waals surface area (Å²) in [6, 6.07) is 23.7. The Morgan fingerprint density at radius 2 is 1.48 bits per heavy atom. The third-order valence-corrected chi connectivity index (χ3v) is 4.49. The lowest BCUT2D eigenvalue weighted by atomic mass is 10.1. The highest BCUT2D eigenvalue weighted by atomic mass is 16.2. The average Bonchev–Trinajstić information content (AvgIpc) is 3.00. The van der Waals surface area contributed by atoms with Gasteiger partial charge in [0.05, 0.1) is 11.4 Å². The number of para-hydroxylation sites is 1. The van der Waals surface area contributed by atoms with Gasteiger partial charge in [0.2, 0.25) is 0 Å². The topological polar surface area (TPSA) is 56.9 Å². The van der Waals surface area contributed by atoms with Crippen molar-refractivity contribution >= 4 is 28.3 Å². The number of aromatic amines is 1. The van der Waals surface area contributed by atoms with Gasteiger partial charge in [-0.1, -0.05) is 54.6 Å². The molecule has 134 valence electrons. The van der Waals surface area contributed by atoms with Gasteiger partial charge in [-0.3, -0.25) is 0 Å². The Hall–Kier alpha value is -3.53. The van der Waals surface area contributed by atoms with Crippen LogP contribution in [-0.2, 0) is 0 Å². The van der Waals surface area contributed by atoms with Crippen LogP contribution in [0.15, 0.2) is 72.8 Å². The van der Waals surface area contributed by atoms with Gasteiger partial charge in [-0.15, -0.1) is 0 Å². The molecule has 4 heteroatoms. The van der Waals surface area contributed by atoms with Crippen molar-refractivity contribution in [3.8, 4) is 11.3 Å². The maximum atomic E-state index is 12.7. The van der Waals surface area contributed by atoms with Gasteiger partial charge < -0.3 is 15.6 Å². The number of rotatable bonds is 3. The summed E-state index contributed by atoms with van der Waals surface area (Å²) in [5, 5.41) is 6.96. The number of H-pyrrole nitrogens is 1. The quantitative estimate of drug-likeness (QED) is 0.409. The first-order valence-electron chi connectivity index (χ1n) is 8.92. The summed E-state index contributed by atoms with van der Waals surface area (Å²) in [4.78, 5) is 16.1. The Morgan fingerprint density at radius 3 is 2.22 bits per heavy atom. The first kappa shape index (κ1) is 16.9. The molecule has 0 saturated heterocycles. The van der Waals surface area contributed by atoms with Crippen LogP contribution in [0.4, 0.5) is 16.2 Å². The molecule has 4 aromatic rings. The fraction of sp³-hybridized carbons (Fsp3) is 0.0870. The Morgan fingerprint density at radius 1 is 0.815 bits per heavy atom. The highest BCUT2D eigenvalue weighted by molar-refractivity contribution is 6.10. The van der Waals surface area contributed by atoms with Gasteiger partial charge in [0.15, 0.2) is 0 Å². The summed E-state index contributed by atoms with van der Waals surface area (Å²) in [7, 11) is 0. The maximum absolute atomic E-state index is 12.7. The monoisotopic (exact) mass is 355 g/mol. The zero-order valence-electron chi connectivity index (χ0n) is 15.3. The summed E-state index contributed by atoms with van der Waals surface area (Å²) in [6.07, 6.45) is 0. The average molecular weight is 355 g/mol. The number of amides is 2. The number of benzene rings is 3. The van der Waals surface area contributed by atoms with Gasteiger partial charge in [0, 0.05) is 22.2 Å². The van der Waals surface area contributed by atoms with Crippen molar-refractivity contribution in [1.82, 2.24) is 4.98 Å². The Kier molecular flexibility index (Phi) is 4.38. The number of anilines is 2. The Labute approximate surface area is 158 Å². The minimum Gasteiger partial charge on any atom is -0.353 e. The number of hydrogen-bond donors (Lipinski definition) is 3. The number of fused-ring (bicyclic) bond motifs is 1. The second-order valence-electron chi connectivity index (χ2n) is 6.74. The molecule has 0 spiro atoms. The second-order valence-corrected chi connectivity index (χ2v) is 6.74. The molecule has 2 amide bonds. The van der Waals surface area contributed by atoms with Crippen LogP contribution in [0.2, 0.25) is 0 Å². The number of carbonyl (C=O) groups excluding carboxylic acids is 1. The van der Waals surface area contributed by atoms with Gasteiger partial charge in [0.25, 0.3) is 0 Å². The molecular formula is C23H21N3O. The van der Waals surface area contributed by atoms with Crippen LogP contribution < -0.4 is 10.6 Å². The summed E-state index contributed by atoms with van der Waals surface area (Å²) in [5.41, 5.74) is 6.69. The molecule has 0 aliphatic carbocycles. The van der Waals surface area contributed by atoms with E-state index in [-0.39, 0.29) is 6.03 Å². The highest BCUT2D eigenvalue weighted by Crippen LogP contribution is 2.35. The maximum Gasteiger partial charge on any atom is 0.323 e. The molecule has 3 N–H and O–H groups in total. The molecule has 0 atom stereocenters. The van der Waals surface area contributed by atoms with E-state index in [2.05, 4.69) is 21.7 Å². The number of carbonyl (C=O) groups is 1. The number of aromatic nitrogens is 1. The third-order valence-electron chi connectivity index (χ3n) is 4.49. The van der Waals surface area contributed by atoms with Gasteiger partial charge in [-0.2, -0.15) is 0 Å². The molecule has 0 unspecified atom stereocenters. The van der Waals surface area contributed by atoms with E-state index in [1.54, 1.807) is 0 Å². The van der Waals surface area contributed by atoms with Gasteiger partial charge in [-0.25, -0.2) is 4.79 Å². The van der Waals surface area contributed by atoms with Crippen molar-refractivity contribution in [3.05, 3.63) is 83.9 Å². The molecule has 1 heterocycles. The normalized spacial score (nSPS) is 10.7. The molecule has 1 aromatic heterocycles. The molecule has 3 aromatic carbocycles. The molecular weight excluding hydrogens is 334 g/mol. The van der Waals surface area contributed by atoms with Crippen molar-refractivity contribution in [2.45, 2.75) is 13.8 Å². The molecule has 0 radical (unpaired) electrons. The van der Waals surface area contributed by atoms with Crippen LogP contribution in [0.5, 0.6) is 0 Å². The summed E-state index contributed by atoms with van der Waals surface area (Å²) in [5.74, 6) is 0. The lowest BCUT2D eigenvalue weighted by Gasteiger charge is -2.11. The van der Waals surface area contributed by atoms with E-state index in [1.165, 1.54) is 0 Å². The molecule has 4 rings (SSSR count). The Bertz CT molecular complexity index is 1090. The van der Waals surface area contributed by atoms with Crippen molar-refractivity contribution in [2.24, 2.45) is 0 Å². The van der Waals surface area contributed by atoms with Crippen LogP contribution in [0.1, 0.15) is 11.1 Å². The lowest BCUT2D eigenvalue weighted by molar-refractivity contribution is 0.262. The largest absolute Gasteiger partial charge is 0.353 e. The molecule has 4 nitrogen and oxygen atoms in total. The Balaban J connectivity index is 1.69. The lowest BCUT2D eigenvalue weighted by Crippen LogP contribution is -2.19. The minimum atomic E-state index is -0.262. The van der Waals surface area contributed by atoms with E-state index in [4.69, 9.17) is 0 Å². The first-order chi connectivity index (χ1) is 13.1. The van der Waals surface area contributed by atoms with Crippen molar-refractivity contribution in [3.63, 3.8) is 0 Å². The number of urea groups is 1. The molecule has 27 heavy (non-hydrogen) atoms. The predicted octanol–water partition coefficient (Wildman–Crippen LogP) is 6.10. The predicted molar refractivity (Wildman–Crippen MR) is 112 cm³/mol. The van der Waals surface area contributed by atoms with Crippen molar-refractivity contribution < 1.29 is 4.79 Å². The summed E-state index contributed by atoms with van der Waals surface area (Å²) in [6.45, 7) is 4.03. The van der Waals surface area contributed by atoms with Gasteiger partial charge in [0.1, 0.15) is 0 Å². The van der Waals surface area contributed by atoms with Crippen LogP contribution in [0.3, 0.4) is 0 Å². The SMILES string of the molecule is Cc1cc(C)cc(NC(=O)Nc2c(-c3ccccc3)[nH]c3ccccc23)c1. The minimum absolute atomic E-state index is 0.262. The van der Waals surface area contributed by atoms with Crippen molar-refractivity contribution in [2.75, 3.05) is 10.6 Å². The zero-order chi connectivity index (χ0) is 18.8. The van der Waals surface area contributed by atoms with Crippen LogP contribution >= 0.6 is 0 Å². The summed E-state index contributed by atoms with van der Waals surface area (Å²) >= 11 is 0. The second kappa shape index (κ2) is 7.00. The van der Waals surface area contributed by atoms with Crippen LogP contribution in [-0.4, -0.2) is 11.0 Å². The fourth-order valence-electron chi connectivity index (χ4n) is 3.42. The summed E-state index contributed by atoms with van der Waals surface area (Å²) < 4.78 is 0. The first-order valence-corrected chi connectivity index (χ1v) is 8.92. The molecule has 0 saturated carbocycles. The smallest absolute Gasteiger partial charge is 0.323 e. The van der Waals surface area contributed by atoms with E-state index >= 15 is 0 Å².